The van der Waals surface area contributed by atoms with E-state index in [-0.39, 0.29) is 11.2 Å². The van der Waals surface area contributed by atoms with Gasteiger partial charge in [-0.05, 0) is 81.2 Å². The molecule has 0 aromatic carbocycles. The van der Waals surface area contributed by atoms with Gasteiger partial charge in [0.1, 0.15) is 0 Å². The van der Waals surface area contributed by atoms with Crippen molar-refractivity contribution < 1.29 is 13.9 Å². The Labute approximate surface area is 166 Å². The van der Waals surface area contributed by atoms with Crippen LogP contribution in [0.5, 0.6) is 0 Å². The van der Waals surface area contributed by atoms with Gasteiger partial charge < -0.3 is 13.9 Å². The number of hydrogen-bond acceptors (Lipinski definition) is 3. The van der Waals surface area contributed by atoms with Crippen molar-refractivity contribution in [3.05, 3.63) is 11.6 Å². The van der Waals surface area contributed by atoms with E-state index in [9.17, 15) is 0 Å². The molecule has 4 heteroatoms. The van der Waals surface area contributed by atoms with Crippen LogP contribution >= 0.6 is 0 Å². The zero-order valence-electron chi connectivity index (χ0n) is 17.8. The molecule has 0 radical (unpaired) electrons. The molecule has 27 heavy (non-hydrogen) atoms. The standard InChI is InChI=1S/C23H38O3Si/c1-21-10-7-17(26-27(3)4)15-16(21)5-6-18-19(21)8-11-22(2)20(18)9-12-23(22)24-13-14-25-23/h5,17-20,27H,6-15H2,1-4H3/t17-,18+,19-,20-,21-,22-/m0/s1. The van der Waals surface area contributed by atoms with Crippen molar-refractivity contribution in [2.24, 2.45) is 28.6 Å². The molecule has 5 aliphatic rings. The van der Waals surface area contributed by atoms with Gasteiger partial charge >= 0.3 is 0 Å². The van der Waals surface area contributed by atoms with Crippen LogP contribution in [0.3, 0.4) is 0 Å². The zero-order chi connectivity index (χ0) is 18.9. The van der Waals surface area contributed by atoms with Crippen LogP contribution in [0, 0.1) is 28.6 Å². The van der Waals surface area contributed by atoms with Crippen molar-refractivity contribution in [2.45, 2.75) is 90.2 Å². The number of ether oxygens (including phenoxy) is 2. The molecule has 4 aliphatic carbocycles. The summed E-state index contributed by atoms with van der Waals surface area (Å²) < 4.78 is 18.9. The van der Waals surface area contributed by atoms with E-state index in [4.69, 9.17) is 13.9 Å². The lowest BCUT2D eigenvalue weighted by molar-refractivity contribution is -0.242. The maximum Gasteiger partial charge on any atom is 0.174 e. The summed E-state index contributed by atoms with van der Waals surface area (Å²) >= 11 is 0. The first kappa shape index (κ1) is 18.8. The van der Waals surface area contributed by atoms with Gasteiger partial charge in [-0.3, -0.25) is 0 Å². The first-order valence-corrected chi connectivity index (χ1v) is 14.3. The summed E-state index contributed by atoms with van der Waals surface area (Å²) in [5.41, 5.74) is 2.37. The summed E-state index contributed by atoms with van der Waals surface area (Å²) in [4.78, 5) is 0. The van der Waals surface area contributed by atoms with E-state index in [2.05, 4.69) is 33.0 Å². The Balaban J connectivity index is 1.41. The molecule has 0 N–H and O–H groups in total. The summed E-state index contributed by atoms with van der Waals surface area (Å²) in [7, 11) is -0.942. The highest BCUT2D eigenvalue weighted by molar-refractivity contribution is 6.48. The summed E-state index contributed by atoms with van der Waals surface area (Å²) in [5.74, 6) is 2.17. The number of fused-ring (bicyclic) bond motifs is 6. The number of allylic oxidation sites excluding steroid dienone is 1. The predicted molar refractivity (Wildman–Crippen MR) is 110 cm³/mol. The first-order valence-electron chi connectivity index (χ1n) is 11.5. The number of rotatable bonds is 2. The molecule has 4 fully saturated rings. The van der Waals surface area contributed by atoms with Crippen molar-refractivity contribution in [2.75, 3.05) is 13.2 Å². The fraction of sp³-hybridized carbons (Fsp3) is 0.913. The van der Waals surface area contributed by atoms with Crippen molar-refractivity contribution in [3.8, 4) is 0 Å². The molecule has 1 heterocycles. The Morgan fingerprint density at radius 3 is 2.48 bits per heavy atom. The van der Waals surface area contributed by atoms with E-state index in [0.29, 0.717) is 11.5 Å². The van der Waals surface area contributed by atoms with Gasteiger partial charge in [0, 0.05) is 17.9 Å². The SMILES string of the molecule is C[SiH](C)O[C@H]1CC[C@@]2(C)C(=CC[C@@H]3[C@@H]2CC[C@@]2(C)[C@H]3CCC23OCCO3)C1. The minimum Gasteiger partial charge on any atom is -0.417 e. The van der Waals surface area contributed by atoms with Crippen LogP contribution in [0.2, 0.25) is 13.1 Å². The third-order valence-electron chi connectivity index (χ3n) is 9.32. The van der Waals surface area contributed by atoms with Gasteiger partial charge in [-0.15, -0.1) is 0 Å². The van der Waals surface area contributed by atoms with Gasteiger partial charge in [0.05, 0.1) is 13.2 Å². The van der Waals surface area contributed by atoms with Gasteiger partial charge in [0.2, 0.25) is 0 Å². The average Bonchev–Trinajstić information content (AvgIpc) is 3.21. The lowest BCUT2D eigenvalue weighted by Crippen LogP contribution is -2.55. The van der Waals surface area contributed by atoms with Crippen molar-refractivity contribution >= 4 is 9.04 Å². The summed E-state index contributed by atoms with van der Waals surface area (Å²) in [6.07, 6.45) is 13.2. The van der Waals surface area contributed by atoms with Crippen molar-refractivity contribution in [1.82, 2.24) is 0 Å². The molecule has 0 bridgehead atoms. The Hall–Kier alpha value is -0.163. The molecule has 0 aromatic rings. The van der Waals surface area contributed by atoms with Gasteiger partial charge in [0.15, 0.2) is 14.8 Å². The van der Waals surface area contributed by atoms with Crippen LogP contribution in [0.15, 0.2) is 11.6 Å². The second-order valence-corrected chi connectivity index (χ2v) is 13.1. The molecular weight excluding hydrogens is 352 g/mol. The fourth-order valence-electron chi connectivity index (χ4n) is 8.01. The van der Waals surface area contributed by atoms with E-state index in [1.807, 2.05) is 0 Å². The third-order valence-corrected chi connectivity index (χ3v) is 10.3. The Morgan fingerprint density at radius 2 is 1.74 bits per heavy atom. The fourth-order valence-corrected chi connectivity index (χ4v) is 9.02. The van der Waals surface area contributed by atoms with Gasteiger partial charge in [-0.1, -0.05) is 25.5 Å². The highest BCUT2D eigenvalue weighted by atomic mass is 28.3. The smallest absolute Gasteiger partial charge is 0.174 e. The molecule has 3 saturated carbocycles. The van der Waals surface area contributed by atoms with E-state index in [1.165, 1.54) is 44.9 Å². The first-order chi connectivity index (χ1) is 12.9. The Kier molecular flexibility index (Phi) is 4.48. The van der Waals surface area contributed by atoms with E-state index in [0.717, 1.165) is 37.4 Å². The lowest BCUT2D eigenvalue weighted by Gasteiger charge is -2.59. The summed E-state index contributed by atoms with van der Waals surface area (Å²) in [6.45, 7) is 11.3. The molecule has 5 rings (SSSR count). The van der Waals surface area contributed by atoms with E-state index in [1.54, 1.807) is 5.57 Å². The minimum atomic E-state index is -0.942. The second-order valence-electron chi connectivity index (χ2n) is 10.8. The van der Waals surface area contributed by atoms with Crippen LogP contribution in [0.25, 0.3) is 0 Å². The Morgan fingerprint density at radius 1 is 1.00 bits per heavy atom. The van der Waals surface area contributed by atoms with Crippen LogP contribution in [-0.2, 0) is 13.9 Å². The molecule has 3 nitrogen and oxygen atoms in total. The molecule has 1 aliphatic heterocycles. The monoisotopic (exact) mass is 390 g/mol. The quantitative estimate of drug-likeness (QED) is 0.487. The lowest BCUT2D eigenvalue weighted by atomic mass is 9.47. The topological polar surface area (TPSA) is 27.7 Å². The maximum absolute atomic E-state index is 6.33. The summed E-state index contributed by atoms with van der Waals surface area (Å²) in [5, 5.41) is 0. The minimum absolute atomic E-state index is 0.218. The van der Waals surface area contributed by atoms with E-state index < -0.39 is 9.04 Å². The van der Waals surface area contributed by atoms with Crippen LogP contribution in [-0.4, -0.2) is 34.1 Å². The molecule has 152 valence electrons. The van der Waals surface area contributed by atoms with Crippen molar-refractivity contribution in [3.63, 3.8) is 0 Å². The summed E-state index contributed by atoms with van der Waals surface area (Å²) in [6, 6.07) is 0. The van der Waals surface area contributed by atoms with Crippen molar-refractivity contribution in [1.29, 1.82) is 0 Å². The van der Waals surface area contributed by atoms with Gasteiger partial charge in [0.25, 0.3) is 0 Å². The highest BCUT2D eigenvalue weighted by Crippen LogP contribution is 2.68. The molecule has 6 atom stereocenters. The number of hydrogen-bond donors (Lipinski definition) is 0. The largest absolute Gasteiger partial charge is 0.417 e. The average molecular weight is 391 g/mol. The molecule has 0 amide bonds. The normalized spacial score (nSPS) is 48.3. The second kappa shape index (κ2) is 6.42. The van der Waals surface area contributed by atoms with Gasteiger partial charge in [-0.25, -0.2) is 0 Å². The van der Waals surface area contributed by atoms with Crippen LogP contribution in [0.1, 0.15) is 65.2 Å². The molecular formula is C23H38O3Si. The molecule has 0 unspecified atom stereocenters. The van der Waals surface area contributed by atoms with Gasteiger partial charge in [-0.2, -0.15) is 0 Å². The third kappa shape index (κ3) is 2.62. The van der Waals surface area contributed by atoms with Crippen LogP contribution < -0.4 is 0 Å². The molecule has 1 saturated heterocycles. The van der Waals surface area contributed by atoms with E-state index >= 15 is 0 Å². The highest BCUT2D eigenvalue weighted by Gasteiger charge is 2.66. The Bertz CT molecular complexity index is 625. The maximum atomic E-state index is 6.33. The molecule has 0 aromatic heterocycles. The van der Waals surface area contributed by atoms with Crippen LogP contribution in [0.4, 0.5) is 0 Å². The zero-order valence-corrected chi connectivity index (χ0v) is 18.9. The molecule has 1 spiro atoms. The predicted octanol–water partition coefficient (Wildman–Crippen LogP) is 5.06.